The predicted molar refractivity (Wildman–Crippen MR) is 35.3 cm³/mol. The molecule has 0 atom stereocenters. The van der Waals surface area contributed by atoms with Gasteiger partial charge in [0.15, 0.2) is 0 Å². The van der Waals surface area contributed by atoms with Crippen LogP contribution in [0.25, 0.3) is 0 Å². The smallest absolute Gasteiger partial charge is 0.126 e. The SMILES string of the molecule is [CH2]c1cc(N)ccc1F. The molecule has 1 nitrogen and oxygen atoms in total. The molecule has 2 N–H and O–H groups in total. The van der Waals surface area contributed by atoms with Crippen molar-refractivity contribution in [3.05, 3.63) is 36.5 Å². The highest BCUT2D eigenvalue weighted by atomic mass is 19.1. The van der Waals surface area contributed by atoms with E-state index in [0.29, 0.717) is 11.3 Å². The lowest BCUT2D eigenvalue weighted by Crippen LogP contribution is -1.87. The van der Waals surface area contributed by atoms with Crippen molar-refractivity contribution in [2.24, 2.45) is 0 Å². The fourth-order valence-electron chi connectivity index (χ4n) is 0.595. The van der Waals surface area contributed by atoms with E-state index in [1.165, 1.54) is 18.2 Å². The maximum Gasteiger partial charge on any atom is 0.126 e. The maximum atomic E-state index is 12.4. The molecular formula is C7H7FN. The van der Waals surface area contributed by atoms with Crippen molar-refractivity contribution in [3.63, 3.8) is 0 Å². The standard InChI is InChI=1S/C7H7FN/c1-5-4-6(9)2-3-7(5)8/h2-4H,1,9H2. The summed E-state index contributed by atoms with van der Waals surface area (Å²) in [5.74, 6) is -0.316. The van der Waals surface area contributed by atoms with E-state index in [9.17, 15) is 4.39 Å². The summed E-state index contributed by atoms with van der Waals surface area (Å²) in [4.78, 5) is 0. The molecule has 0 heterocycles. The molecule has 0 spiro atoms. The molecule has 0 saturated heterocycles. The summed E-state index contributed by atoms with van der Waals surface area (Å²) < 4.78 is 12.4. The van der Waals surface area contributed by atoms with Crippen LogP contribution in [0.4, 0.5) is 10.1 Å². The van der Waals surface area contributed by atoms with Gasteiger partial charge in [-0.05, 0) is 30.7 Å². The van der Waals surface area contributed by atoms with Gasteiger partial charge in [-0.2, -0.15) is 0 Å². The van der Waals surface area contributed by atoms with Crippen LogP contribution in [-0.4, -0.2) is 0 Å². The van der Waals surface area contributed by atoms with E-state index >= 15 is 0 Å². The Kier molecular flexibility index (Phi) is 1.39. The van der Waals surface area contributed by atoms with E-state index in [0.717, 1.165) is 0 Å². The van der Waals surface area contributed by atoms with Crippen molar-refractivity contribution >= 4 is 5.69 Å². The Bertz CT molecular complexity index is 220. The third-order valence-corrected chi connectivity index (χ3v) is 1.07. The van der Waals surface area contributed by atoms with Gasteiger partial charge in [0.25, 0.3) is 0 Å². The van der Waals surface area contributed by atoms with Gasteiger partial charge >= 0.3 is 0 Å². The molecule has 0 aliphatic heterocycles. The molecular weight excluding hydrogens is 117 g/mol. The Morgan fingerprint density at radius 1 is 1.44 bits per heavy atom. The number of anilines is 1. The van der Waals surface area contributed by atoms with Gasteiger partial charge in [0.2, 0.25) is 0 Å². The van der Waals surface area contributed by atoms with Gasteiger partial charge in [-0.15, -0.1) is 0 Å². The Morgan fingerprint density at radius 3 is 2.56 bits per heavy atom. The molecule has 0 amide bonds. The fourth-order valence-corrected chi connectivity index (χ4v) is 0.595. The first-order valence-corrected chi connectivity index (χ1v) is 2.57. The van der Waals surface area contributed by atoms with Crippen LogP contribution in [0.2, 0.25) is 0 Å². The Morgan fingerprint density at radius 2 is 2.11 bits per heavy atom. The normalized spacial score (nSPS) is 9.56. The second-order valence-electron chi connectivity index (χ2n) is 1.85. The van der Waals surface area contributed by atoms with E-state index < -0.39 is 0 Å². The van der Waals surface area contributed by atoms with Gasteiger partial charge in [-0.1, -0.05) is 0 Å². The lowest BCUT2D eigenvalue weighted by molar-refractivity contribution is 0.623. The van der Waals surface area contributed by atoms with Gasteiger partial charge in [0.05, 0.1) is 0 Å². The van der Waals surface area contributed by atoms with Gasteiger partial charge in [0, 0.05) is 5.69 Å². The van der Waals surface area contributed by atoms with E-state index in [1.807, 2.05) is 0 Å². The van der Waals surface area contributed by atoms with E-state index in [1.54, 1.807) is 0 Å². The van der Waals surface area contributed by atoms with E-state index in [4.69, 9.17) is 5.73 Å². The number of benzene rings is 1. The first kappa shape index (κ1) is 6.08. The summed E-state index contributed by atoms with van der Waals surface area (Å²) >= 11 is 0. The molecule has 1 aromatic carbocycles. The summed E-state index contributed by atoms with van der Waals surface area (Å²) in [6.45, 7) is 3.43. The maximum absolute atomic E-state index is 12.4. The molecule has 0 unspecified atom stereocenters. The third kappa shape index (κ3) is 1.19. The van der Waals surface area contributed by atoms with Crippen molar-refractivity contribution in [2.45, 2.75) is 0 Å². The summed E-state index contributed by atoms with van der Waals surface area (Å²) in [5.41, 5.74) is 6.21. The second kappa shape index (κ2) is 2.05. The lowest BCUT2D eigenvalue weighted by Gasteiger charge is -1.95. The quantitative estimate of drug-likeness (QED) is 0.522. The zero-order valence-corrected chi connectivity index (χ0v) is 4.89. The summed E-state index contributed by atoms with van der Waals surface area (Å²) in [5, 5.41) is 0. The lowest BCUT2D eigenvalue weighted by atomic mass is 10.2. The zero-order chi connectivity index (χ0) is 6.85. The summed E-state index contributed by atoms with van der Waals surface area (Å²) in [6.07, 6.45) is 0. The van der Waals surface area contributed by atoms with Gasteiger partial charge in [-0.25, -0.2) is 4.39 Å². The van der Waals surface area contributed by atoms with Crippen LogP contribution in [0.5, 0.6) is 0 Å². The molecule has 0 bridgehead atoms. The highest BCUT2D eigenvalue weighted by Crippen LogP contribution is 2.09. The molecule has 2 heteroatoms. The number of rotatable bonds is 0. The van der Waals surface area contributed by atoms with Gasteiger partial charge in [0.1, 0.15) is 5.82 Å². The fraction of sp³-hybridized carbons (Fsp3) is 0. The molecule has 1 aromatic rings. The Labute approximate surface area is 53.3 Å². The number of halogens is 1. The van der Waals surface area contributed by atoms with Crippen molar-refractivity contribution < 1.29 is 4.39 Å². The van der Waals surface area contributed by atoms with Crippen LogP contribution < -0.4 is 5.73 Å². The number of nitrogens with two attached hydrogens (primary N) is 1. The first-order valence-electron chi connectivity index (χ1n) is 2.57. The third-order valence-electron chi connectivity index (χ3n) is 1.07. The average molecular weight is 124 g/mol. The van der Waals surface area contributed by atoms with Crippen molar-refractivity contribution in [2.75, 3.05) is 5.73 Å². The van der Waals surface area contributed by atoms with Crippen LogP contribution in [0, 0.1) is 12.7 Å². The minimum Gasteiger partial charge on any atom is -0.399 e. The highest BCUT2D eigenvalue weighted by molar-refractivity contribution is 5.42. The number of hydrogen-bond donors (Lipinski definition) is 1. The van der Waals surface area contributed by atoms with E-state index in [2.05, 4.69) is 6.92 Å². The first-order chi connectivity index (χ1) is 4.20. The largest absolute Gasteiger partial charge is 0.399 e. The second-order valence-corrected chi connectivity index (χ2v) is 1.85. The molecule has 9 heavy (non-hydrogen) atoms. The van der Waals surface area contributed by atoms with Crippen LogP contribution in [-0.2, 0) is 0 Å². The van der Waals surface area contributed by atoms with Crippen molar-refractivity contribution in [3.8, 4) is 0 Å². The number of hydrogen-bond acceptors (Lipinski definition) is 1. The number of nitrogen functional groups attached to an aromatic ring is 1. The molecule has 0 fully saturated rings. The van der Waals surface area contributed by atoms with Crippen LogP contribution >= 0.6 is 0 Å². The van der Waals surface area contributed by atoms with E-state index in [-0.39, 0.29) is 5.82 Å². The zero-order valence-electron chi connectivity index (χ0n) is 4.89. The molecule has 1 rings (SSSR count). The molecule has 47 valence electrons. The van der Waals surface area contributed by atoms with Gasteiger partial charge < -0.3 is 5.73 Å². The van der Waals surface area contributed by atoms with Crippen LogP contribution in [0.3, 0.4) is 0 Å². The molecule has 1 radical (unpaired) electrons. The average Bonchev–Trinajstić information content (AvgIpc) is 1.80. The molecule has 0 aromatic heterocycles. The molecule has 0 aliphatic carbocycles. The minimum atomic E-state index is -0.316. The van der Waals surface area contributed by atoms with Crippen molar-refractivity contribution in [1.82, 2.24) is 0 Å². The van der Waals surface area contributed by atoms with Crippen molar-refractivity contribution in [1.29, 1.82) is 0 Å². The highest BCUT2D eigenvalue weighted by Gasteiger charge is 1.93. The topological polar surface area (TPSA) is 26.0 Å². The Balaban J connectivity index is 3.17. The van der Waals surface area contributed by atoms with Crippen LogP contribution in [0.1, 0.15) is 5.56 Å². The molecule has 0 saturated carbocycles. The van der Waals surface area contributed by atoms with Gasteiger partial charge in [-0.3, -0.25) is 0 Å². The van der Waals surface area contributed by atoms with Crippen LogP contribution in [0.15, 0.2) is 18.2 Å². The minimum absolute atomic E-state index is 0.316. The Hall–Kier alpha value is -1.05. The monoisotopic (exact) mass is 124 g/mol. The predicted octanol–water partition coefficient (Wildman–Crippen LogP) is 1.59. The molecule has 0 aliphatic rings. The summed E-state index contributed by atoms with van der Waals surface area (Å²) in [7, 11) is 0. The summed E-state index contributed by atoms with van der Waals surface area (Å²) in [6, 6.07) is 4.30.